The molecule has 0 aromatic rings. The van der Waals surface area contributed by atoms with Crippen LogP contribution in [0, 0.1) is 20.8 Å². The molecular formula is C10H19O-3. The minimum atomic E-state index is -0.366. The molecule has 68 valence electrons. The smallest absolute Gasteiger partial charge is 0.0513 e. The van der Waals surface area contributed by atoms with Crippen molar-refractivity contribution in [1.82, 2.24) is 0 Å². The maximum Gasteiger partial charge on any atom is 0.0513 e. The molecule has 1 unspecified atom stereocenters. The van der Waals surface area contributed by atoms with E-state index in [-0.39, 0.29) is 11.7 Å². The summed E-state index contributed by atoms with van der Waals surface area (Å²) in [5.74, 6) is 0. The first-order chi connectivity index (χ1) is 5.08. The van der Waals surface area contributed by atoms with Gasteiger partial charge in [-0.15, -0.1) is 5.60 Å². The fourth-order valence-corrected chi connectivity index (χ4v) is 0.753. The number of hydrogen-bond donors (Lipinski definition) is 0. The quantitative estimate of drug-likeness (QED) is 0.555. The second-order valence-corrected chi connectivity index (χ2v) is 3.02. The first-order valence-corrected chi connectivity index (χ1v) is 4.19. The summed E-state index contributed by atoms with van der Waals surface area (Å²) in [6.45, 7) is 15.7. The molecule has 11 heavy (non-hydrogen) atoms. The lowest BCUT2D eigenvalue weighted by Gasteiger charge is -2.43. The Morgan fingerprint density at radius 3 is 2.09 bits per heavy atom. The van der Waals surface area contributed by atoms with Crippen LogP contribution in [0.25, 0.3) is 0 Å². The largest absolute Gasteiger partial charge is 0.409 e. The summed E-state index contributed by atoms with van der Waals surface area (Å²) in [4.78, 5) is 0. The Morgan fingerprint density at radius 2 is 1.82 bits per heavy atom. The molecule has 0 spiro atoms. The molecule has 0 saturated heterocycles. The van der Waals surface area contributed by atoms with E-state index in [1.54, 1.807) is 0 Å². The Morgan fingerprint density at radius 1 is 1.36 bits per heavy atom. The van der Waals surface area contributed by atoms with Crippen LogP contribution >= 0.6 is 0 Å². The molecular weight excluding hydrogens is 136 g/mol. The molecule has 0 aromatic heterocycles. The lowest BCUT2D eigenvalue weighted by molar-refractivity contribution is -0.0557. The third kappa shape index (κ3) is 3.76. The van der Waals surface area contributed by atoms with Crippen LogP contribution in [0.15, 0.2) is 0 Å². The third-order valence-electron chi connectivity index (χ3n) is 1.94. The van der Waals surface area contributed by atoms with Crippen molar-refractivity contribution in [1.29, 1.82) is 0 Å². The second kappa shape index (κ2) is 4.76. The van der Waals surface area contributed by atoms with Crippen molar-refractivity contribution >= 4 is 0 Å². The highest BCUT2D eigenvalue weighted by molar-refractivity contribution is 4.86. The number of rotatable bonds is 5. The topological polar surface area (TPSA) is 9.23 Å². The van der Waals surface area contributed by atoms with Gasteiger partial charge < -0.3 is 25.5 Å². The van der Waals surface area contributed by atoms with Crippen molar-refractivity contribution in [3.05, 3.63) is 20.8 Å². The minimum Gasteiger partial charge on any atom is -0.409 e. The summed E-state index contributed by atoms with van der Waals surface area (Å²) < 4.78 is 5.65. The lowest BCUT2D eigenvalue weighted by atomic mass is 10.00. The molecule has 0 heterocycles. The van der Waals surface area contributed by atoms with E-state index in [1.807, 2.05) is 6.92 Å². The standard InChI is InChI=1S/C10H19O/c1-6-9(4)11-10(5,7-2)8-3/h9H,2-3,5-8H2,1,4H3/q-3. The predicted molar refractivity (Wildman–Crippen MR) is 48.9 cm³/mol. The zero-order valence-corrected chi connectivity index (χ0v) is 7.73. The molecule has 0 amide bonds. The van der Waals surface area contributed by atoms with Crippen LogP contribution < -0.4 is 0 Å². The highest BCUT2D eigenvalue weighted by Crippen LogP contribution is 2.21. The van der Waals surface area contributed by atoms with Gasteiger partial charge in [0, 0.05) is 0 Å². The van der Waals surface area contributed by atoms with E-state index >= 15 is 0 Å². The van der Waals surface area contributed by atoms with Gasteiger partial charge in [0.2, 0.25) is 0 Å². The Hall–Kier alpha value is -0.0400. The molecule has 0 aromatic carbocycles. The van der Waals surface area contributed by atoms with Crippen LogP contribution in [0.5, 0.6) is 0 Å². The fraction of sp³-hybridized carbons (Fsp3) is 0.700. The molecule has 0 saturated carbocycles. The van der Waals surface area contributed by atoms with Crippen molar-refractivity contribution in [2.45, 2.75) is 44.8 Å². The predicted octanol–water partition coefficient (Wildman–Crippen LogP) is 2.82. The Kier molecular flexibility index (Phi) is 4.74. The molecule has 1 heteroatoms. The Bertz CT molecular complexity index is 95.0. The van der Waals surface area contributed by atoms with Crippen LogP contribution in [0.4, 0.5) is 0 Å². The normalized spacial score (nSPS) is 15.0. The van der Waals surface area contributed by atoms with Crippen LogP contribution in [-0.4, -0.2) is 11.7 Å². The van der Waals surface area contributed by atoms with Crippen molar-refractivity contribution in [2.75, 3.05) is 0 Å². The molecule has 0 aliphatic carbocycles. The van der Waals surface area contributed by atoms with Crippen LogP contribution in [0.1, 0.15) is 33.1 Å². The fourth-order valence-electron chi connectivity index (χ4n) is 0.753. The van der Waals surface area contributed by atoms with Gasteiger partial charge in [0.15, 0.2) is 0 Å². The van der Waals surface area contributed by atoms with Crippen molar-refractivity contribution in [3.63, 3.8) is 0 Å². The molecule has 0 fully saturated rings. The molecule has 0 aliphatic rings. The minimum absolute atomic E-state index is 0.260. The third-order valence-corrected chi connectivity index (χ3v) is 1.94. The Labute approximate surface area is 71.1 Å². The maximum absolute atomic E-state index is 5.65. The van der Waals surface area contributed by atoms with Gasteiger partial charge in [-0.1, -0.05) is 6.92 Å². The van der Waals surface area contributed by atoms with Crippen molar-refractivity contribution in [3.8, 4) is 0 Å². The second-order valence-electron chi connectivity index (χ2n) is 3.02. The van der Waals surface area contributed by atoms with Gasteiger partial charge >= 0.3 is 0 Å². The summed E-state index contributed by atoms with van der Waals surface area (Å²) in [5.41, 5.74) is -0.366. The van der Waals surface area contributed by atoms with E-state index in [2.05, 4.69) is 27.7 Å². The van der Waals surface area contributed by atoms with Crippen LogP contribution in [0.2, 0.25) is 0 Å². The van der Waals surface area contributed by atoms with Gasteiger partial charge in [-0.2, -0.15) is 12.8 Å². The molecule has 1 atom stereocenters. The molecule has 0 radical (unpaired) electrons. The Balaban J connectivity index is 3.86. The number of ether oxygens (including phenoxy) is 1. The number of hydrogen-bond acceptors (Lipinski definition) is 1. The molecule has 0 bridgehead atoms. The van der Waals surface area contributed by atoms with E-state index < -0.39 is 0 Å². The summed E-state index contributed by atoms with van der Waals surface area (Å²) in [6.07, 6.45) is 2.63. The van der Waals surface area contributed by atoms with Gasteiger partial charge in [-0.25, -0.2) is 0 Å². The molecule has 0 aliphatic heterocycles. The van der Waals surface area contributed by atoms with Crippen molar-refractivity contribution in [2.24, 2.45) is 0 Å². The van der Waals surface area contributed by atoms with Gasteiger partial charge in [0.05, 0.1) is 6.10 Å². The summed E-state index contributed by atoms with van der Waals surface area (Å²) in [6, 6.07) is 0. The van der Waals surface area contributed by atoms with Gasteiger partial charge in [0.25, 0.3) is 0 Å². The van der Waals surface area contributed by atoms with Gasteiger partial charge in [-0.05, 0) is 13.3 Å². The van der Waals surface area contributed by atoms with Gasteiger partial charge in [-0.3, -0.25) is 0 Å². The average molecular weight is 155 g/mol. The van der Waals surface area contributed by atoms with E-state index in [0.29, 0.717) is 12.8 Å². The molecule has 0 N–H and O–H groups in total. The monoisotopic (exact) mass is 155 g/mol. The highest BCUT2D eigenvalue weighted by atomic mass is 16.5. The molecule has 0 rings (SSSR count). The maximum atomic E-state index is 5.65. The highest BCUT2D eigenvalue weighted by Gasteiger charge is 2.09. The van der Waals surface area contributed by atoms with E-state index in [9.17, 15) is 0 Å². The SMILES string of the molecule is [CH2-]CC([CH2-])(C[CH2-])OC(C)CC. The van der Waals surface area contributed by atoms with E-state index in [0.717, 1.165) is 6.42 Å². The summed E-state index contributed by atoms with van der Waals surface area (Å²) in [5, 5.41) is 0. The summed E-state index contributed by atoms with van der Waals surface area (Å²) in [7, 11) is 0. The first-order valence-electron chi connectivity index (χ1n) is 4.19. The van der Waals surface area contributed by atoms with E-state index in [1.165, 1.54) is 0 Å². The molecule has 1 nitrogen and oxygen atoms in total. The average Bonchev–Trinajstić information content (AvgIpc) is 2.04. The van der Waals surface area contributed by atoms with Crippen molar-refractivity contribution < 1.29 is 4.74 Å². The van der Waals surface area contributed by atoms with Crippen LogP contribution in [0.3, 0.4) is 0 Å². The van der Waals surface area contributed by atoms with E-state index in [4.69, 9.17) is 4.74 Å². The zero-order valence-electron chi connectivity index (χ0n) is 7.73. The van der Waals surface area contributed by atoms with Crippen LogP contribution in [-0.2, 0) is 4.74 Å². The zero-order chi connectivity index (χ0) is 8.91. The lowest BCUT2D eigenvalue weighted by Crippen LogP contribution is -2.31. The first kappa shape index (κ1) is 11.0. The summed E-state index contributed by atoms with van der Waals surface area (Å²) >= 11 is 0. The van der Waals surface area contributed by atoms with Gasteiger partial charge in [0.1, 0.15) is 0 Å².